The minimum Gasteiger partial charge on any atom is -0.491 e. The van der Waals surface area contributed by atoms with Crippen molar-refractivity contribution in [2.24, 2.45) is 10.7 Å². The van der Waals surface area contributed by atoms with Gasteiger partial charge in [0.25, 0.3) is 0 Å². The molecular weight excluding hydrogens is 357 g/mol. The van der Waals surface area contributed by atoms with E-state index in [4.69, 9.17) is 15.6 Å². The van der Waals surface area contributed by atoms with E-state index in [0.29, 0.717) is 18.9 Å². The molecule has 1 aromatic carbocycles. The van der Waals surface area contributed by atoms with Crippen LogP contribution in [0.15, 0.2) is 29.3 Å². The second kappa shape index (κ2) is 9.85. The van der Waals surface area contributed by atoms with Crippen molar-refractivity contribution < 1.29 is 9.84 Å². The van der Waals surface area contributed by atoms with E-state index in [1.165, 1.54) is 0 Å². The van der Waals surface area contributed by atoms with Crippen LogP contribution >= 0.6 is 24.0 Å². The molecule has 0 saturated heterocycles. The summed E-state index contributed by atoms with van der Waals surface area (Å²) in [6.45, 7) is 4.61. The van der Waals surface area contributed by atoms with Crippen LogP contribution < -0.4 is 15.8 Å². The normalized spacial score (nSPS) is 11.1. The number of nitrogens with one attached hydrogen (secondary N) is 1. The molecule has 0 aliphatic carbocycles. The topological polar surface area (TPSA) is 79.9 Å². The summed E-state index contributed by atoms with van der Waals surface area (Å²) >= 11 is 0. The van der Waals surface area contributed by atoms with Gasteiger partial charge in [-0.2, -0.15) is 0 Å². The number of rotatable bonds is 6. The first-order valence-electron chi connectivity index (χ1n) is 6.06. The lowest BCUT2D eigenvalue weighted by atomic mass is 10.3. The zero-order valence-electron chi connectivity index (χ0n) is 11.3. The Morgan fingerprint density at radius 2 is 2.00 bits per heavy atom. The van der Waals surface area contributed by atoms with Crippen molar-refractivity contribution in [3.05, 3.63) is 24.3 Å². The highest BCUT2D eigenvalue weighted by atomic mass is 127. The maximum atomic E-state index is 8.63. The van der Waals surface area contributed by atoms with Gasteiger partial charge < -0.3 is 20.9 Å². The molecule has 0 heterocycles. The molecule has 0 radical (unpaired) electrons. The van der Waals surface area contributed by atoms with Crippen LogP contribution in [0.25, 0.3) is 0 Å². The van der Waals surface area contributed by atoms with Crippen LogP contribution in [-0.2, 0) is 0 Å². The summed E-state index contributed by atoms with van der Waals surface area (Å²) < 4.78 is 5.54. The number of benzene rings is 1. The third-order valence-electron chi connectivity index (χ3n) is 2.10. The fourth-order valence-corrected chi connectivity index (χ4v) is 1.35. The summed E-state index contributed by atoms with van der Waals surface area (Å²) in [7, 11) is 0. The van der Waals surface area contributed by atoms with Gasteiger partial charge >= 0.3 is 0 Å². The summed E-state index contributed by atoms with van der Waals surface area (Å²) in [5.74, 6) is 1.17. The molecule has 0 aromatic heterocycles. The fourth-order valence-electron chi connectivity index (χ4n) is 1.35. The van der Waals surface area contributed by atoms with Crippen molar-refractivity contribution in [2.75, 3.05) is 18.5 Å². The average Bonchev–Trinajstić information content (AvgIpc) is 2.31. The molecule has 0 aliphatic heterocycles. The number of ether oxygens (including phenoxy) is 1. The molecule has 0 atom stereocenters. The summed E-state index contributed by atoms with van der Waals surface area (Å²) in [4.78, 5) is 4.07. The summed E-state index contributed by atoms with van der Waals surface area (Å²) in [6.07, 6.45) is 0.776. The van der Waals surface area contributed by atoms with Crippen LogP contribution in [0.1, 0.15) is 20.3 Å². The molecule has 0 saturated carbocycles. The number of hydrogen-bond donors (Lipinski definition) is 3. The van der Waals surface area contributed by atoms with Gasteiger partial charge in [-0.3, -0.25) is 4.99 Å². The van der Waals surface area contributed by atoms with E-state index < -0.39 is 0 Å². The lowest BCUT2D eigenvalue weighted by Gasteiger charge is -2.10. The van der Waals surface area contributed by atoms with Crippen LogP contribution in [0.3, 0.4) is 0 Å². The van der Waals surface area contributed by atoms with E-state index in [9.17, 15) is 0 Å². The molecule has 5 nitrogen and oxygen atoms in total. The Hall–Kier alpha value is -1.02. The molecule has 4 N–H and O–H groups in total. The molecule has 0 spiro atoms. The first-order chi connectivity index (χ1) is 8.61. The van der Waals surface area contributed by atoms with Gasteiger partial charge in [0.15, 0.2) is 5.96 Å². The Morgan fingerprint density at radius 1 is 1.37 bits per heavy atom. The van der Waals surface area contributed by atoms with Gasteiger partial charge in [-0.1, -0.05) is 0 Å². The number of aliphatic hydroxyl groups excluding tert-OH is 1. The van der Waals surface area contributed by atoms with Crippen LogP contribution in [0, 0.1) is 0 Å². The van der Waals surface area contributed by atoms with Crippen LogP contribution in [0.4, 0.5) is 5.69 Å². The van der Waals surface area contributed by atoms with Gasteiger partial charge in [-0.15, -0.1) is 24.0 Å². The Morgan fingerprint density at radius 3 is 2.53 bits per heavy atom. The first-order valence-corrected chi connectivity index (χ1v) is 6.06. The van der Waals surface area contributed by atoms with Gasteiger partial charge in [-0.25, -0.2) is 0 Å². The van der Waals surface area contributed by atoms with Crippen LogP contribution in [-0.4, -0.2) is 30.3 Å². The molecule has 0 fully saturated rings. The van der Waals surface area contributed by atoms with Crippen molar-refractivity contribution in [2.45, 2.75) is 26.4 Å². The molecule has 6 heteroatoms. The maximum absolute atomic E-state index is 8.63. The van der Waals surface area contributed by atoms with E-state index in [1.54, 1.807) is 0 Å². The molecule has 1 rings (SSSR count). The minimum atomic E-state index is 0. The van der Waals surface area contributed by atoms with Gasteiger partial charge in [0.05, 0.1) is 6.10 Å². The molecule has 108 valence electrons. The molecule has 19 heavy (non-hydrogen) atoms. The Labute approximate surface area is 131 Å². The van der Waals surface area contributed by atoms with E-state index >= 15 is 0 Å². The number of nitrogens with two attached hydrogens (primary N) is 1. The minimum absolute atomic E-state index is 0. The predicted octanol–water partition coefficient (Wildman–Crippen LogP) is 2.20. The molecule has 0 amide bonds. The molecule has 0 unspecified atom stereocenters. The number of halogens is 1. The Kier molecular flexibility index (Phi) is 9.32. The summed E-state index contributed by atoms with van der Waals surface area (Å²) in [5, 5.41) is 11.6. The number of guanidine groups is 1. The second-order valence-corrected chi connectivity index (χ2v) is 4.16. The fraction of sp³-hybridized carbons (Fsp3) is 0.462. The van der Waals surface area contributed by atoms with Crippen LogP contribution in [0.5, 0.6) is 5.75 Å². The number of aliphatic imine (C=N–C) groups is 1. The molecule has 1 aromatic rings. The zero-order valence-corrected chi connectivity index (χ0v) is 13.6. The lowest BCUT2D eigenvalue weighted by molar-refractivity contribution is 0.242. The first kappa shape index (κ1) is 18.0. The van der Waals surface area contributed by atoms with Gasteiger partial charge in [-0.05, 0) is 44.5 Å². The quantitative estimate of drug-likeness (QED) is 0.307. The number of anilines is 1. The van der Waals surface area contributed by atoms with Gasteiger partial charge in [0.1, 0.15) is 5.75 Å². The number of hydrogen-bond acceptors (Lipinski definition) is 3. The second-order valence-electron chi connectivity index (χ2n) is 4.16. The van der Waals surface area contributed by atoms with E-state index in [2.05, 4.69) is 10.3 Å². The van der Waals surface area contributed by atoms with Gasteiger partial charge in [0.2, 0.25) is 0 Å². The van der Waals surface area contributed by atoms with Crippen molar-refractivity contribution in [3.63, 3.8) is 0 Å². The highest BCUT2D eigenvalue weighted by Gasteiger charge is 1.98. The predicted molar refractivity (Wildman–Crippen MR) is 89.4 cm³/mol. The standard InChI is InChI=1S/C13H21N3O2.HI/c1-10(2)18-12-6-4-11(5-7-12)16-13(14)15-8-3-9-17;/h4-7,10,17H,3,8-9H2,1-2H3,(H3,14,15,16);1H. The van der Waals surface area contributed by atoms with Crippen molar-refractivity contribution in [3.8, 4) is 5.75 Å². The number of nitrogens with zero attached hydrogens (tertiary/aromatic N) is 1. The summed E-state index contributed by atoms with van der Waals surface area (Å²) in [5.41, 5.74) is 6.55. The monoisotopic (exact) mass is 379 g/mol. The number of aliphatic hydroxyl groups is 1. The third-order valence-corrected chi connectivity index (χ3v) is 2.10. The van der Waals surface area contributed by atoms with Crippen molar-refractivity contribution >= 4 is 35.6 Å². The van der Waals surface area contributed by atoms with Gasteiger partial charge in [0, 0.05) is 18.8 Å². The largest absolute Gasteiger partial charge is 0.491 e. The Balaban J connectivity index is 0.00000324. The lowest BCUT2D eigenvalue weighted by Crippen LogP contribution is -2.22. The molecule has 0 bridgehead atoms. The molecule has 0 aliphatic rings. The maximum Gasteiger partial charge on any atom is 0.193 e. The zero-order chi connectivity index (χ0) is 13.4. The van der Waals surface area contributed by atoms with Crippen LogP contribution in [0.2, 0.25) is 0 Å². The summed E-state index contributed by atoms with van der Waals surface area (Å²) in [6, 6.07) is 7.52. The highest BCUT2D eigenvalue weighted by molar-refractivity contribution is 14.0. The van der Waals surface area contributed by atoms with Crippen molar-refractivity contribution in [1.82, 2.24) is 0 Å². The van der Waals surface area contributed by atoms with E-state index in [0.717, 1.165) is 11.4 Å². The van der Waals surface area contributed by atoms with Crippen molar-refractivity contribution in [1.29, 1.82) is 0 Å². The average molecular weight is 379 g/mol. The third kappa shape index (κ3) is 7.89. The van der Waals surface area contributed by atoms with E-state index in [1.807, 2.05) is 38.1 Å². The Bertz CT molecular complexity index is 380. The highest BCUT2D eigenvalue weighted by Crippen LogP contribution is 2.16. The SMILES string of the molecule is CC(C)Oc1ccc(NC(N)=NCCCO)cc1.I. The molecular formula is C13H22IN3O2. The smallest absolute Gasteiger partial charge is 0.193 e. The van der Waals surface area contributed by atoms with E-state index in [-0.39, 0.29) is 36.7 Å².